The summed E-state index contributed by atoms with van der Waals surface area (Å²) in [4.78, 5) is 4.05. The summed E-state index contributed by atoms with van der Waals surface area (Å²) in [5, 5.41) is 0. The largest absolute Gasteiger partial charge is 0.369 e. The van der Waals surface area contributed by atoms with Gasteiger partial charge in [0.1, 0.15) is 17.5 Å². The highest BCUT2D eigenvalue weighted by molar-refractivity contribution is 9.10. The minimum absolute atomic E-state index is 0.0232. The summed E-state index contributed by atoms with van der Waals surface area (Å²) in [5.74, 6) is -2.14. The maximum Gasteiger partial charge on any atom is 0.206 e. The van der Waals surface area contributed by atoms with Crippen molar-refractivity contribution in [2.24, 2.45) is 0 Å². The van der Waals surface area contributed by atoms with Gasteiger partial charge in [-0.2, -0.15) is 0 Å². The first-order chi connectivity index (χ1) is 9.88. The molecule has 0 bridgehead atoms. The van der Waals surface area contributed by atoms with E-state index in [0.29, 0.717) is 5.52 Å². The van der Waals surface area contributed by atoms with Crippen LogP contribution >= 0.6 is 31.9 Å². The normalized spacial score (nSPS) is 11.3. The van der Waals surface area contributed by atoms with Gasteiger partial charge in [-0.1, -0.05) is 0 Å². The highest BCUT2D eigenvalue weighted by Crippen LogP contribution is 2.30. The van der Waals surface area contributed by atoms with E-state index < -0.39 is 17.5 Å². The zero-order valence-electron chi connectivity index (χ0n) is 10.2. The maximum absolute atomic E-state index is 14.0. The fourth-order valence-corrected chi connectivity index (χ4v) is 2.69. The van der Waals surface area contributed by atoms with Gasteiger partial charge in [0.15, 0.2) is 0 Å². The number of fused-ring (bicyclic) bond motifs is 1. The first-order valence-corrected chi connectivity index (χ1v) is 7.25. The van der Waals surface area contributed by atoms with E-state index in [1.54, 1.807) is 0 Å². The molecule has 108 valence electrons. The van der Waals surface area contributed by atoms with E-state index in [1.807, 2.05) is 0 Å². The van der Waals surface area contributed by atoms with Crippen LogP contribution < -0.4 is 5.73 Å². The number of benzene rings is 2. The van der Waals surface area contributed by atoms with E-state index in [1.165, 1.54) is 22.8 Å². The second-order valence-corrected chi connectivity index (χ2v) is 5.99. The number of imidazole rings is 1. The lowest BCUT2D eigenvalue weighted by Gasteiger charge is -2.09. The van der Waals surface area contributed by atoms with Gasteiger partial charge in [-0.15, -0.1) is 0 Å². The molecule has 0 radical (unpaired) electrons. The number of nitrogen functional groups attached to an aromatic ring is 1. The van der Waals surface area contributed by atoms with Crippen molar-refractivity contribution < 1.29 is 13.2 Å². The second kappa shape index (κ2) is 5.03. The Labute approximate surface area is 133 Å². The lowest BCUT2D eigenvalue weighted by Crippen LogP contribution is -2.04. The molecule has 3 rings (SSSR count). The van der Waals surface area contributed by atoms with E-state index >= 15 is 0 Å². The van der Waals surface area contributed by atoms with Crippen molar-refractivity contribution in [2.45, 2.75) is 0 Å². The highest BCUT2D eigenvalue weighted by Gasteiger charge is 2.17. The summed E-state index contributed by atoms with van der Waals surface area (Å²) in [6.45, 7) is 0. The molecule has 21 heavy (non-hydrogen) atoms. The standard InChI is InChI=1S/C13H6Br2F3N3/c14-5-1-10-12(4-8(5)17)21(13(19)20-10)11-2-6(15)7(16)3-9(11)18/h1-4H,(H2,19,20). The SMILES string of the molecule is Nc1nc2cc(Br)c(F)cc2n1-c1cc(Br)c(F)cc1F. The van der Waals surface area contributed by atoms with Crippen molar-refractivity contribution in [2.75, 3.05) is 5.73 Å². The van der Waals surface area contributed by atoms with Crippen LogP contribution in [-0.2, 0) is 0 Å². The number of anilines is 1. The molecule has 0 saturated carbocycles. The van der Waals surface area contributed by atoms with Gasteiger partial charge in [0.25, 0.3) is 0 Å². The summed E-state index contributed by atoms with van der Waals surface area (Å²) < 4.78 is 42.6. The number of hydrogen-bond donors (Lipinski definition) is 1. The lowest BCUT2D eigenvalue weighted by molar-refractivity contribution is 0.574. The second-order valence-electron chi connectivity index (χ2n) is 4.28. The fraction of sp³-hybridized carbons (Fsp3) is 0. The van der Waals surface area contributed by atoms with Crippen molar-refractivity contribution in [3.05, 3.63) is 50.7 Å². The molecule has 0 spiro atoms. The van der Waals surface area contributed by atoms with Gasteiger partial charge in [0, 0.05) is 12.1 Å². The Kier molecular flexibility index (Phi) is 3.45. The van der Waals surface area contributed by atoms with Crippen LogP contribution in [0.4, 0.5) is 19.1 Å². The molecule has 2 N–H and O–H groups in total. The predicted octanol–water partition coefficient (Wildman–Crippen LogP) is 4.55. The Balaban J connectivity index is 2.37. The molecule has 3 nitrogen and oxygen atoms in total. The molecular weight excluding hydrogens is 415 g/mol. The molecular formula is C13H6Br2F3N3. The summed E-state index contributed by atoms with van der Waals surface area (Å²) in [6, 6.07) is 4.56. The molecule has 1 aromatic heterocycles. The average Bonchev–Trinajstić information content (AvgIpc) is 2.70. The Hall–Kier alpha value is -1.54. The number of hydrogen-bond acceptors (Lipinski definition) is 2. The van der Waals surface area contributed by atoms with Crippen molar-refractivity contribution in [3.8, 4) is 5.69 Å². The summed E-state index contributed by atoms with van der Waals surface area (Å²) in [7, 11) is 0. The number of aromatic nitrogens is 2. The van der Waals surface area contributed by atoms with E-state index in [2.05, 4.69) is 36.8 Å². The molecule has 0 atom stereocenters. The molecule has 0 amide bonds. The van der Waals surface area contributed by atoms with Crippen LogP contribution in [-0.4, -0.2) is 9.55 Å². The first kappa shape index (κ1) is 14.4. The third-order valence-electron chi connectivity index (χ3n) is 2.95. The molecule has 1 heterocycles. The van der Waals surface area contributed by atoms with Crippen LogP contribution in [0.1, 0.15) is 0 Å². The third kappa shape index (κ3) is 2.32. The fourth-order valence-electron chi connectivity index (χ4n) is 2.03. The summed E-state index contributed by atoms with van der Waals surface area (Å²) in [5.41, 5.74) is 6.43. The van der Waals surface area contributed by atoms with Crippen LogP contribution in [0.25, 0.3) is 16.7 Å². The zero-order chi connectivity index (χ0) is 15.3. The highest BCUT2D eigenvalue weighted by atomic mass is 79.9. The minimum atomic E-state index is -0.829. The molecule has 8 heteroatoms. The van der Waals surface area contributed by atoms with E-state index in [4.69, 9.17) is 5.73 Å². The van der Waals surface area contributed by atoms with E-state index in [-0.39, 0.29) is 26.1 Å². The third-order valence-corrected chi connectivity index (χ3v) is 4.17. The first-order valence-electron chi connectivity index (χ1n) is 5.66. The summed E-state index contributed by atoms with van der Waals surface area (Å²) >= 11 is 6.03. The lowest BCUT2D eigenvalue weighted by atomic mass is 10.2. The molecule has 0 aliphatic carbocycles. The Morgan fingerprint density at radius 3 is 2.24 bits per heavy atom. The van der Waals surface area contributed by atoms with Crippen molar-refractivity contribution in [1.29, 1.82) is 0 Å². The maximum atomic E-state index is 14.0. The Morgan fingerprint density at radius 2 is 1.52 bits per heavy atom. The monoisotopic (exact) mass is 419 g/mol. The quantitative estimate of drug-likeness (QED) is 0.587. The molecule has 0 aliphatic heterocycles. The molecule has 0 saturated heterocycles. The topological polar surface area (TPSA) is 43.8 Å². The van der Waals surface area contributed by atoms with Gasteiger partial charge in [-0.25, -0.2) is 18.2 Å². The van der Waals surface area contributed by atoms with Crippen LogP contribution in [0.2, 0.25) is 0 Å². The Morgan fingerprint density at radius 1 is 0.905 bits per heavy atom. The van der Waals surface area contributed by atoms with Gasteiger partial charge in [0.2, 0.25) is 5.95 Å². The predicted molar refractivity (Wildman–Crippen MR) is 80.8 cm³/mol. The van der Waals surface area contributed by atoms with Crippen LogP contribution in [0.3, 0.4) is 0 Å². The molecule has 0 fully saturated rings. The smallest absolute Gasteiger partial charge is 0.206 e. The summed E-state index contributed by atoms with van der Waals surface area (Å²) in [6.07, 6.45) is 0. The van der Waals surface area contributed by atoms with Crippen molar-refractivity contribution in [3.63, 3.8) is 0 Å². The van der Waals surface area contributed by atoms with Gasteiger partial charge >= 0.3 is 0 Å². The average molecular weight is 421 g/mol. The molecule has 0 unspecified atom stereocenters. The molecule has 0 aliphatic rings. The number of nitrogens with zero attached hydrogens (tertiary/aromatic N) is 2. The van der Waals surface area contributed by atoms with Crippen LogP contribution in [0.15, 0.2) is 33.2 Å². The molecule has 3 aromatic rings. The van der Waals surface area contributed by atoms with Crippen molar-refractivity contribution >= 4 is 48.8 Å². The van der Waals surface area contributed by atoms with Crippen molar-refractivity contribution in [1.82, 2.24) is 9.55 Å². The number of nitrogens with two attached hydrogens (primary N) is 1. The van der Waals surface area contributed by atoms with E-state index in [0.717, 1.165) is 6.07 Å². The van der Waals surface area contributed by atoms with Gasteiger partial charge in [-0.05, 0) is 44.0 Å². The minimum Gasteiger partial charge on any atom is -0.369 e. The van der Waals surface area contributed by atoms with Crippen LogP contribution in [0.5, 0.6) is 0 Å². The van der Waals surface area contributed by atoms with Gasteiger partial charge in [0.05, 0.1) is 25.7 Å². The number of halogens is 5. The van der Waals surface area contributed by atoms with E-state index in [9.17, 15) is 13.2 Å². The van der Waals surface area contributed by atoms with Gasteiger partial charge < -0.3 is 5.73 Å². The Bertz CT molecular complexity index is 877. The zero-order valence-corrected chi connectivity index (χ0v) is 13.3. The van der Waals surface area contributed by atoms with Crippen LogP contribution in [0, 0.1) is 17.5 Å². The number of rotatable bonds is 1. The molecule has 2 aromatic carbocycles. The van der Waals surface area contributed by atoms with Gasteiger partial charge in [-0.3, -0.25) is 4.57 Å².